The summed E-state index contributed by atoms with van der Waals surface area (Å²) in [4.78, 5) is 10.4. The van der Waals surface area contributed by atoms with E-state index in [2.05, 4.69) is 0 Å². The van der Waals surface area contributed by atoms with Crippen LogP contribution < -0.4 is 0 Å². The smallest absolute Gasteiger partial charge is 0.306 e. The first kappa shape index (κ1) is 11.6. The second-order valence-corrected chi connectivity index (χ2v) is 3.92. The van der Waals surface area contributed by atoms with Crippen LogP contribution in [0, 0.1) is 5.82 Å². The summed E-state index contributed by atoms with van der Waals surface area (Å²) in [6.07, 6.45) is 0.448. The molecule has 0 spiro atoms. The van der Waals surface area contributed by atoms with Crippen LogP contribution >= 0.6 is 0 Å². The quantitative estimate of drug-likeness (QED) is 0.849. The Bertz CT molecular complexity index is 550. The lowest BCUT2D eigenvalue weighted by Crippen LogP contribution is -2.19. The van der Waals surface area contributed by atoms with Crippen molar-refractivity contribution in [1.82, 2.24) is 4.57 Å². The van der Waals surface area contributed by atoms with E-state index in [0.717, 1.165) is 10.9 Å². The minimum Gasteiger partial charge on any atom is -0.481 e. The highest BCUT2D eigenvalue weighted by molar-refractivity contribution is 5.80. The molecule has 5 heteroatoms. The molecule has 0 aliphatic carbocycles. The van der Waals surface area contributed by atoms with Crippen LogP contribution in [0.1, 0.15) is 6.42 Å². The van der Waals surface area contributed by atoms with Crippen molar-refractivity contribution in [3.8, 4) is 0 Å². The highest BCUT2D eigenvalue weighted by Crippen LogP contribution is 2.17. The average Bonchev–Trinajstić information content (AvgIpc) is 2.59. The van der Waals surface area contributed by atoms with Gasteiger partial charge in [0.15, 0.2) is 0 Å². The summed E-state index contributed by atoms with van der Waals surface area (Å²) >= 11 is 0. The van der Waals surface area contributed by atoms with Gasteiger partial charge in [0.25, 0.3) is 0 Å². The second kappa shape index (κ2) is 4.55. The van der Waals surface area contributed by atoms with Gasteiger partial charge < -0.3 is 14.8 Å². The Morgan fingerprint density at radius 1 is 1.41 bits per heavy atom. The second-order valence-electron chi connectivity index (χ2n) is 3.92. The van der Waals surface area contributed by atoms with Gasteiger partial charge in [-0.25, -0.2) is 4.39 Å². The van der Waals surface area contributed by atoms with Gasteiger partial charge in [-0.1, -0.05) is 0 Å². The van der Waals surface area contributed by atoms with E-state index in [1.165, 1.54) is 12.1 Å². The van der Waals surface area contributed by atoms with Crippen LogP contribution in [0.4, 0.5) is 4.39 Å². The summed E-state index contributed by atoms with van der Waals surface area (Å²) in [6, 6.07) is 6.07. The standard InChI is InChI=1S/C12H12FNO3/c13-9-1-2-11-8(5-9)3-4-14(11)7-10(15)6-12(16)17/h1-5,10,15H,6-7H2,(H,16,17). The van der Waals surface area contributed by atoms with Crippen molar-refractivity contribution in [2.75, 3.05) is 0 Å². The van der Waals surface area contributed by atoms with Crippen LogP contribution in [0.25, 0.3) is 10.9 Å². The summed E-state index contributed by atoms with van der Waals surface area (Å²) in [5.41, 5.74) is 0.774. The summed E-state index contributed by atoms with van der Waals surface area (Å²) in [5, 5.41) is 18.8. The lowest BCUT2D eigenvalue weighted by atomic mass is 10.2. The maximum atomic E-state index is 12.9. The molecule has 2 aromatic rings. The van der Waals surface area contributed by atoms with Gasteiger partial charge in [-0.3, -0.25) is 4.79 Å². The first-order valence-corrected chi connectivity index (χ1v) is 5.20. The van der Waals surface area contributed by atoms with E-state index in [0.29, 0.717) is 0 Å². The van der Waals surface area contributed by atoms with Gasteiger partial charge in [0, 0.05) is 23.6 Å². The lowest BCUT2D eigenvalue weighted by Gasteiger charge is -2.10. The SMILES string of the molecule is O=C(O)CC(O)Cn1ccc2cc(F)ccc21. The van der Waals surface area contributed by atoms with Gasteiger partial charge >= 0.3 is 5.97 Å². The molecule has 0 saturated carbocycles. The molecule has 1 unspecified atom stereocenters. The molecule has 0 bridgehead atoms. The Morgan fingerprint density at radius 2 is 2.18 bits per heavy atom. The van der Waals surface area contributed by atoms with Crippen molar-refractivity contribution in [1.29, 1.82) is 0 Å². The van der Waals surface area contributed by atoms with E-state index in [-0.39, 0.29) is 18.8 Å². The molecule has 0 fully saturated rings. The number of hydrogen-bond acceptors (Lipinski definition) is 2. The number of carboxylic acids is 1. The Labute approximate surface area is 96.9 Å². The Morgan fingerprint density at radius 3 is 2.88 bits per heavy atom. The highest BCUT2D eigenvalue weighted by Gasteiger charge is 2.11. The Kier molecular flexibility index (Phi) is 3.10. The summed E-state index contributed by atoms with van der Waals surface area (Å²) in [5.74, 6) is -1.36. The first-order valence-electron chi connectivity index (χ1n) is 5.20. The van der Waals surface area contributed by atoms with Crippen molar-refractivity contribution in [3.05, 3.63) is 36.3 Å². The molecular formula is C12H12FNO3. The monoisotopic (exact) mass is 237 g/mol. The molecule has 1 aromatic heterocycles. The predicted molar refractivity (Wildman–Crippen MR) is 60.2 cm³/mol. The predicted octanol–water partition coefficient (Wildman–Crippen LogP) is 1.62. The minimum absolute atomic E-state index is 0.182. The molecule has 2 N–H and O–H groups in total. The molecule has 0 saturated heterocycles. The molecule has 1 heterocycles. The van der Waals surface area contributed by atoms with E-state index in [1.807, 2.05) is 0 Å². The zero-order chi connectivity index (χ0) is 12.4. The fourth-order valence-electron chi connectivity index (χ4n) is 1.82. The Hall–Kier alpha value is -1.88. The number of aliphatic carboxylic acids is 1. The highest BCUT2D eigenvalue weighted by atomic mass is 19.1. The van der Waals surface area contributed by atoms with E-state index >= 15 is 0 Å². The van der Waals surface area contributed by atoms with Gasteiger partial charge in [0.2, 0.25) is 0 Å². The maximum Gasteiger partial charge on any atom is 0.306 e. The van der Waals surface area contributed by atoms with Crippen LogP contribution in [0.5, 0.6) is 0 Å². The van der Waals surface area contributed by atoms with E-state index in [4.69, 9.17) is 5.11 Å². The normalized spacial score (nSPS) is 12.8. The third-order valence-corrected chi connectivity index (χ3v) is 2.55. The third-order valence-electron chi connectivity index (χ3n) is 2.55. The van der Waals surface area contributed by atoms with Gasteiger partial charge in [-0.05, 0) is 24.3 Å². The largest absolute Gasteiger partial charge is 0.481 e. The van der Waals surface area contributed by atoms with Crippen molar-refractivity contribution in [2.24, 2.45) is 0 Å². The molecule has 90 valence electrons. The van der Waals surface area contributed by atoms with Crippen molar-refractivity contribution in [2.45, 2.75) is 19.1 Å². The van der Waals surface area contributed by atoms with Gasteiger partial charge in [-0.2, -0.15) is 0 Å². The number of nitrogens with zero attached hydrogens (tertiary/aromatic N) is 1. The van der Waals surface area contributed by atoms with Crippen LogP contribution in [-0.2, 0) is 11.3 Å². The van der Waals surface area contributed by atoms with Crippen LogP contribution in [-0.4, -0.2) is 26.9 Å². The number of carbonyl (C=O) groups is 1. The number of fused-ring (bicyclic) bond motifs is 1. The fourth-order valence-corrected chi connectivity index (χ4v) is 1.82. The summed E-state index contributed by atoms with van der Waals surface area (Å²) in [7, 11) is 0. The van der Waals surface area contributed by atoms with Gasteiger partial charge in [-0.15, -0.1) is 0 Å². The van der Waals surface area contributed by atoms with Crippen LogP contribution in [0.3, 0.4) is 0 Å². The first-order chi connectivity index (χ1) is 8.06. The molecule has 17 heavy (non-hydrogen) atoms. The average molecular weight is 237 g/mol. The number of aliphatic hydroxyl groups is 1. The van der Waals surface area contributed by atoms with Crippen molar-refractivity contribution < 1.29 is 19.4 Å². The van der Waals surface area contributed by atoms with Crippen molar-refractivity contribution >= 4 is 16.9 Å². The molecule has 1 aromatic carbocycles. The lowest BCUT2D eigenvalue weighted by molar-refractivity contribution is -0.139. The van der Waals surface area contributed by atoms with E-state index in [9.17, 15) is 14.3 Å². The number of carboxylic acid groups (broad SMARTS) is 1. The number of benzene rings is 1. The van der Waals surface area contributed by atoms with Gasteiger partial charge in [0.1, 0.15) is 5.82 Å². The molecule has 2 rings (SSSR count). The number of aromatic nitrogens is 1. The Balaban J connectivity index is 2.22. The number of rotatable bonds is 4. The minimum atomic E-state index is -1.04. The zero-order valence-corrected chi connectivity index (χ0v) is 9.01. The number of hydrogen-bond donors (Lipinski definition) is 2. The van der Waals surface area contributed by atoms with E-state index in [1.54, 1.807) is 22.9 Å². The molecule has 0 radical (unpaired) electrons. The summed E-state index contributed by atoms with van der Waals surface area (Å²) in [6.45, 7) is 0.182. The number of halogens is 1. The topological polar surface area (TPSA) is 62.5 Å². The van der Waals surface area contributed by atoms with Gasteiger partial charge in [0.05, 0.1) is 12.5 Å². The van der Waals surface area contributed by atoms with Crippen LogP contribution in [0.15, 0.2) is 30.5 Å². The molecular weight excluding hydrogens is 225 g/mol. The molecule has 0 aliphatic rings. The third kappa shape index (κ3) is 2.62. The molecule has 0 amide bonds. The molecule has 4 nitrogen and oxygen atoms in total. The number of aliphatic hydroxyl groups excluding tert-OH is 1. The molecule has 1 atom stereocenters. The fraction of sp³-hybridized carbons (Fsp3) is 0.250. The maximum absolute atomic E-state index is 12.9. The zero-order valence-electron chi connectivity index (χ0n) is 9.01. The molecule has 0 aliphatic heterocycles. The van der Waals surface area contributed by atoms with E-state index < -0.39 is 12.1 Å². The summed E-state index contributed by atoms with van der Waals surface area (Å²) < 4.78 is 14.7. The van der Waals surface area contributed by atoms with Crippen molar-refractivity contribution in [3.63, 3.8) is 0 Å². The van der Waals surface area contributed by atoms with Crippen LogP contribution in [0.2, 0.25) is 0 Å².